The van der Waals surface area contributed by atoms with Gasteiger partial charge in [0.1, 0.15) is 5.76 Å². The number of carbonyl (C=O) groups excluding carboxylic acids is 1. The van der Waals surface area contributed by atoms with E-state index in [0.717, 1.165) is 25.3 Å². The maximum Gasteiger partial charge on any atom is 0.289 e. The molecule has 2 rings (SSSR count). The van der Waals surface area contributed by atoms with Gasteiger partial charge in [0.25, 0.3) is 5.91 Å². The van der Waals surface area contributed by atoms with Gasteiger partial charge in [0.15, 0.2) is 5.76 Å². The summed E-state index contributed by atoms with van der Waals surface area (Å²) in [6, 6.07) is 3.65. The van der Waals surface area contributed by atoms with Crippen molar-refractivity contribution >= 4 is 5.91 Å². The van der Waals surface area contributed by atoms with Crippen molar-refractivity contribution in [2.45, 2.75) is 32.7 Å². The lowest BCUT2D eigenvalue weighted by Gasteiger charge is -2.38. The fourth-order valence-electron chi connectivity index (χ4n) is 2.15. The van der Waals surface area contributed by atoms with Crippen molar-refractivity contribution in [3.8, 4) is 0 Å². The predicted molar refractivity (Wildman–Crippen MR) is 66.1 cm³/mol. The van der Waals surface area contributed by atoms with Crippen LogP contribution in [0.1, 0.15) is 37.1 Å². The van der Waals surface area contributed by atoms with Gasteiger partial charge in [-0.3, -0.25) is 4.79 Å². The molecule has 0 bridgehead atoms. The number of carbonyl (C=O) groups is 1. The third-order valence-corrected chi connectivity index (χ3v) is 3.08. The highest BCUT2D eigenvalue weighted by Crippen LogP contribution is 2.16. The van der Waals surface area contributed by atoms with E-state index in [1.165, 1.54) is 0 Å². The minimum atomic E-state index is -0.0198. The van der Waals surface area contributed by atoms with Crippen molar-refractivity contribution in [1.82, 2.24) is 10.2 Å². The molecule has 1 fully saturated rings. The van der Waals surface area contributed by atoms with Crippen molar-refractivity contribution in [1.29, 1.82) is 0 Å². The minimum absolute atomic E-state index is 0.000671. The molecule has 0 unspecified atom stereocenters. The highest BCUT2D eigenvalue weighted by Gasteiger charge is 2.30. The second-order valence-electron chi connectivity index (χ2n) is 5.16. The van der Waals surface area contributed by atoms with Crippen LogP contribution in [0.2, 0.25) is 0 Å². The standard InChI is InChI=1S/C13H20N2O2/c1-4-10-5-6-11(17-10)12(16)15-8-7-14-13(2,3)9-15/h5-6,14H,4,7-9H2,1-3H3. The van der Waals surface area contributed by atoms with E-state index in [-0.39, 0.29) is 11.4 Å². The molecule has 0 atom stereocenters. The van der Waals surface area contributed by atoms with E-state index >= 15 is 0 Å². The summed E-state index contributed by atoms with van der Waals surface area (Å²) in [6.45, 7) is 8.51. The Kier molecular flexibility index (Phi) is 3.24. The number of nitrogens with zero attached hydrogens (tertiary/aromatic N) is 1. The lowest BCUT2D eigenvalue weighted by molar-refractivity contribution is 0.0619. The van der Waals surface area contributed by atoms with Crippen molar-refractivity contribution < 1.29 is 9.21 Å². The number of hydrogen-bond donors (Lipinski definition) is 1. The lowest BCUT2D eigenvalue weighted by Crippen LogP contribution is -2.58. The van der Waals surface area contributed by atoms with Crippen LogP contribution >= 0.6 is 0 Å². The first-order chi connectivity index (χ1) is 8.02. The maximum atomic E-state index is 12.2. The van der Waals surface area contributed by atoms with Crippen molar-refractivity contribution in [3.05, 3.63) is 23.7 Å². The van der Waals surface area contributed by atoms with E-state index in [9.17, 15) is 4.79 Å². The van der Waals surface area contributed by atoms with Gasteiger partial charge >= 0.3 is 0 Å². The number of aryl methyl sites for hydroxylation is 1. The zero-order valence-corrected chi connectivity index (χ0v) is 10.7. The summed E-state index contributed by atoms with van der Waals surface area (Å²) >= 11 is 0. The molecule has 2 heterocycles. The predicted octanol–water partition coefficient (Wildman–Crippen LogP) is 1.67. The Morgan fingerprint density at radius 3 is 2.88 bits per heavy atom. The van der Waals surface area contributed by atoms with Crippen LogP contribution in [0.4, 0.5) is 0 Å². The second kappa shape index (κ2) is 4.53. The quantitative estimate of drug-likeness (QED) is 0.849. The first kappa shape index (κ1) is 12.2. The zero-order chi connectivity index (χ0) is 12.5. The first-order valence-electron chi connectivity index (χ1n) is 6.15. The average Bonchev–Trinajstić information content (AvgIpc) is 2.75. The molecular weight excluding hydrogens is 216 g/mol. The van der Waals surface area contributed by atoms with Gasteiger partial charge in [0.2, 0.25) is 0 Å². The summed E-state index contributed by atoms with van der Waals surface area (Å²) < 4.78 is 5.50. The van der Waals surface area contributed by atoms with Gasteiger partial charge in [-0.05, 0) is 26.0 Å². The van der Waals surface area contributed by atoms with Gasteiger partial charge in [-0.2, -0.15) is 0 Å². The summed E-state index contributed by atoms with van der Waals surface area (Å²) in [7, 11) is 0. The summed E-state index contributed by atoms with van der Waals surface area (Å²) in [5.41, 5.74) is -0.0198. The van der Waals surface area contributed by atoms with Crippen molar-refractivity contribution in [2.75, 3.05) is 19.6 Å². The van der Waals surface area contributed by atoms with Crippen LogP contribution in [-0.2, 0) is 6.42 Å². The molecule has 1 N–H and O–H groups in total. The van der Waals surface area contributed by atoms with E-state index in [0.29, 0.717) is 12.3 Å². The Morgan fingerprint density at radius 2 is 2.29 bits per heavy atom. The molecule has 1 aliphatic heterocycles. The number of furan rings is 1. The van der Waals surface area contributed by atoms with Gasteiger partial charge in [0.05, 0.1) is 0 Å². The Bertz CT molecular complexity index is 409. The molecular formula is C13H20N2O2. The van der Waals surface area contributed by atoms with E-state index < -0.39 is 0 Å². The molecule has 4 nitrogen and oxygen atoms in total. The zero-order valence-electron chi connectivity index (χ0n) is 10.7. The number of hydrogen-bond acceptors (Lipinski definition) is 3. The topological polar surface area (TPSA) is 45.5 Å². The smallest absolute Gasteiger partial charge is 0.289 e. The number of rotatable bonds is 2. The molecule has 0 aliphatic carbocycles. The first-order valence-corrected chi connectivity index (χ1v) is 6.15. The molecule has 4 heteroatoms. The average molecular weight is 236 g/mol. The van der Waals surface area contributed by atoms with Gasteiger partial charge in [0, 0.05) is 31.6 Å². The third-order valence-electron chi connectivity index (χ3n) is 3.08. The van der Waals surface area contributed by atoms with Gasteiger partial charge in [-0.25, -0.2) is 0 Å². The molecule has 1 aromatic rings. The van der Waals surface area contributed by atoms with Gasteiger partial charge in [-0.15, -0.1) is 0 Å². The van der Waals surface area contributed by atoms with E-state index in [2.05, 4.69) is 19.2 Å². The van der Waals surface area contributed by atoms with Crippen LogP contribution in [-0.4, -0.2) is 36.0 Å². The summed E-state index contributed by atoms with van der Waals surface area (Å²) in [6.07, 6.45) is 0.820. The minimum Gasteiger partial charge on any atom is -0.456 e. The monoisotopic (exact) mass is 236 g/mol. The van der Waals surface area contributed by atoms with Crippen LogP contribution < -0.4 is 5.32 Å². The Balaban J connectivity index is 2.09. The normalized spacial score (nSPS) is 19.4. The molecule has 1 aromatic heterocycles. The van der Waals surface area contributed by atoms with E-state index in [1.807, 2.05) is 17.9 Å². The van der Waals surface area contributed by atoms with E-state index in [4.69, 9.17) is 4.42 Å². The number of nitrogens with one attached hydrogen (secondary N) is 1. The maximum absolute atomic E-state index is 12.2. The molecule has 0 saturated carbocycles. The Morgan fingerprint density at radius 1 is 1.53 bits per heavy atom. The largest absolute Gasteiger partial charge is 0.456 e. The summed E-state index contributed by atoms with van der Waals surface area (Å²) in [5, 5.41) is 3.39. The fraction of sp³-hybridized carbons (Fsp3) is 0.615. The molecule has 1 amide bonds. The Hall–Kier alpha value is -1.29. The van der Waals surface area contributed by atoms with Crippen LogP contribution in [0, 0.1) is 0 Å². The summed E-state index contributed by atoms with van der Waals surface area (Å²) in [5.74, 6) is 1.32. The second-order valence-corrected chi connectivity index (χ2v) is 5.16. The van der Waals surface area contributed by atoms with Crippen LogP contribution in [0.5, 0.6) is 0 Å². The molecule has 94 valence electrons. The third kappa shape index (κ3) is 2.69. The van der Waals surface area contributed by atoms with E-state index in [1.54, 1.807) is 6.07 Å². The molecule has 0 radical (unpaired) electrons. The molecule has 17 heavy (non-hydrogen) atoms. The molecule has 0 spiro atoms. The van der Waals surface area contributed by atoms with Crippen LogP contribution in [0.25, 0.3) is 0 Å². The molecule has 1 aliphatic rings. The summed E-state index contributed by atoms with van der Waals surface area (Å²) in [4.78, 5) is 14.1. The van der Waals surface area contributed by atoms with Gasteiger partial charge < -0.3 is 14.6 Å². The van der Waals surface area contributed by atoms with Gasteiger partial charge in [-0.1, -0.05) is 6.92 Å². The number of amides is 1. The fourth-order valence-corrected chi connectivity index (χ4v) is 2.15. The highest BCUT2D eigenvalue weighted by molar-refractivity contribution is 5.91. The molecule has 0 aromatic carbocycles. The van der Waals surface area contributed by atoms with Crippen molar-refractivity contribution in [2.24, 2.45) is 0 Å². The highest BCUT2D eigenvalue weighted by atomic mass is 16.4. The van der Waals surface area contributed by atoms with Crippen LogP contribution in [0.3, 0.4) is 0 Å². The lowest BCUT2D eigenvalue weighted by atomic mass is 10.0. The van der Waals surface area contributed by atoms with Crippen molar-refractivity contribution in [3.63, 3.8) is 0 Å². The Labute approximate surface area is 102 Å². The van der Waals surface area contributed by atoms with Crippen LogP contribution in [0.15, 0.2) is 16.5 Å². The number of piperazine rings is 1. The SMILES string of the molecule is CCc1ccc(C(=O)N2CCNC(C)(C)C2)o1. The molecule has 1 saturated heterocycles.